The van der Waals surface area contributed by atoms with Gasteiger partial charge in [0.15, 0.2) is 11.5 Å². The molecule has 1 amide bonds. The molecule has 5 rings (SSSR count). The fourth-order valence-electron chi connectivity index (χ4n) is 3.79. The smallest absolute Gasteiger partial charge is 0.267 e. The Morgan fingerprint density at radius 3 is 2.81 bits per heavy atom. The molecule has 0 saturated carbocycles. The molecule has 0 bridgehead atoms. The number of benzene rings is 2. The van der Waals surface area contributed by atoms with Gasteiger partial charge in [0.1, 0.15) is 6.61 Å². The average molecular weight is 380 g/mol. The van der Waals surface area contributed by atoms with Crippen LogP contribution in [0.1, 0.15) is 23.8 Å². The first-order valence-corrected chi connectivity index (χ1v) is 10.1. The third-order valence-corrected chi connectivity index (χ3v) is 6.38. The Morgan fingerprint density at radius 2 is 1.93 bits per heavy atom. The minimum absolute atomic E-state index is 0.00955. The number of rotatable bonds is 2. The van der Waals surface area contributed by atoms with Crippen LogP contribution in [0.5, 0.6) is 11.5 Å². The molecule has 2 aliphatic heterocycles. The minimum Gasteiger partial charge on any atom is -0.485 e. The number of hydrogen-bond donors (Lipinski definition) is 0. The fraction of sp³-hybridized carbons (Fsp3) is 0.333. The van der Waals surface area contributed by atoms with E-state index >= 15 is 0 Å². The quantitative estimate of drug-likeness (QED) is 0.678. The number of amides is 1. The van der Waals surface area contributed by atoms with Crippen molar-refractivity contribution in [2.75, 3.05) is 19.7 Å². The van der Waals surface area contributed by atoms with Gasteiger partial charge in [-0.25, -0.2) is 4.98 Å². The van der Waals surface area contributed by atoms with Gasteiger partial charge in [0.05, 0.1) is 15.2 Å². The summed E-state index contributed by atoms with van der Waals surface area (Å²) in [4.78, 5) is 19.7. The number of ether oxygens (including phenoxy) is 2. The van der Waals surface area contributed by atoms with E-state index in [4.69, 9.17) is 14.5 Å². The van der Waals surface area contributed by atoms with Gasteiger partial charge in [-0.05, 0) is 37.1 Å². The summed E-state index contributed by atoms with van der Waals surface area (Å²) in [5.41, 5.74) is 1.04. The highest BCUT2D eigenvalue weighted by molar-refractivity contribution is 7.18. The van der Waals surface area contributed by atoms with E-state index in [0.717, 1.165) is 29.9 Å². The molecule has 138 valence electrons. The molecule has 0 N–H and O–H groups in total. The van der Waals surface area contributed by atoms with Crippen LogP contribution in [0.4, 0.5) is 0 Å². The molecule has 5 nitrogen and oxygen atoms in total. The molecule has 1 fully saturated rings. The standard InChI is InChI=1S/C21H20N2O3S/c24-21(18-13-25-16-8-2-3-9-17(16)26-18)23-11-5-6-14(12-23)20-22-15-7-1-4-10-19(15)27-20/h1-4,7-10,14,18H,5-6,11-13H2/t14-,18+/m0/s1. The van der Waals surface area contributed by atoms with Crippen molar-refractivity contribution in [1.29, 1.82) is 0 Å². The highest BCUT2D eigenvalue weighted by Crippen LogP contribution is 2.34. The first kappa shape index (κ1) is 16.6. The lowest BCUT2D eigenvalue weighted by Gasteiger charge is -2.35. The number of piperidine rings is 1. The fourth-order valence-corrected chi connectivity index (χ4v) is 4.88. The third kappa shape index (κ3) is 3.14. The Labute approximate surface area is 161 Å². The second kappa shape index (κ2) is 6.85. The van der Waals surface area contributed by atoms with Crippen molar-refractivity contribution in [2.24, 2.45) is 0 Å². The Bertz CT molecular complexity index is 953. The van der Waals surface area contributed by atoms with Crippen LogP contribution >= 0.6 is 11.3 Å². The molecule has 3 heterocycles. The maximum atomic E-state index is 13.0. The molecule has 1 saturated heterocycles. The maximum Gasteiger partial charge on any atom is 0.267 e. The number of fused-ring (bicyclic) bond motifs is 2. The molecule has 1 aromatic heterocycles. The number of carbonyl (C=O) groups is 1. The first-order chi connectivity index (χ1) is 13.3. The molecule has 0 aliphatic carbocycles. The summed E-state index contributed by atoms with van der Waals surface area (Å²) in [6.07, 6.45) is 1.47. The molecule has 2 aliphatic rings. The lowest BCUT2D eigenvalue weighted by Crippen LogP contribution is -2.49. The van der Waals surface area contributed by atoms with Gasteiger partial charge in [-0.15, -0.1) is 11.3 Å². The summed E-state index contributed by atoms with van der Waals surface area (Å²) in [5.74, 6) is 1.64. The topological polar surface area (TPSA) is 51.7 Å². The lowest BCUT2D eigenvalue weighted by molar-refractivity contribution is -0.142. The monoisotopic (exact) mass is 380 g/mol. The van der Waals surface area contributed by atoms with Gasteiger partial charge in [0.2, 0.25) is 6.10 Å². The van der Waals surface area contributed by atoms with Crippen LogP contribution in [0.15, 0.2) is 48.5 Å². The molecule has 0 spiro atoms. The number of aromatic nitrogens is 1. The van der Waals surface area contributed by atoms with E-state index < -0.39 is 6.10 Å². The van der Waals surface area contributed by atoms with Crippen LogP contribution in [0, 0.1) is 0 Å². The lowest BCUT2D eigenvalue weighted by atomic mass is 9.98. The molecular weight excluding hydrogens is 360 g/mol. The van der Waals surface area contributed by atoms with Crippen LogP contribution in [-0.4, -0.2) is 41.6 Å². The van der Waals surface area contributed by atoms with Crippen molar-refractivity contribution in [3.63, 3.8) is 0 Å². The molecule has 2 aromatic carbocycles. The summed E-state index contributed by atoms with van der Waals surface area (Å²) in [7, 11) is 0. The average Bonchev–Trinajstić information content (AvgIpc) is 3.17. The zero-order chi connectivity index (χ0) is 18.2. The van der Waals surface area contributed by atoms with Gasteiger partial charge >= 0.3 is 0 Å². The van der Waals surface area contributed by atoms with E-state index in [-0.39, 0.29) is 18.4 Å². The zero-order valence-corrected chi connectivity index (χ0v) is 15.7. The van der Waals surface area contributed by atoms with E-state index in [1.54, 1.807) is 11.3 Å². The summed E-state index contributed by atoms with van der Waals surface area (Å²) in [6, 6.07) is 15.7. The Hall–Kier alpha value is -2.60. The van der Waals surface area contributed by atoms with Gasteiger partial charge in [0.25, 0.3) is 5.91 Å². The molecule has 27 heavy (non-hydrogen) atoms. The SMILES string of the molecule is O=C([C@H]1COc2ccccc2O1)N1CCC[C@H](c2nc3ccccc3s2)C1. The van der Waals surface area contributed by atoms with E-state index in [2.05, 4.69) is 6.07 Å². The predicted octanol–water partition coefficient (Wildman–Crippen LogP) is 3.84. The maximum absolute atomic E-state index is 13.0. The van der Waals surface area contributed by atoms with E-state index in [1.165, 1.54) is 4.70 Å². The van der Waals surface area contributed by atoms with Crippen LogP contribution in [-0.2, 0) is 4.79 Å². The molecule has 3 aromatic rings. The number of nitrogens with zero attached hydrogens (tertiary/aromatic N) is 2. The van der Waals surface area contributed by atoms with Crippen LogP contribution in [0.25, 0.3) is 10.2 Å². The predicted molar refractivity (Wildman–Crippen MR) is 105 cm³/mol. The second-order valence-electron chi connectivity index (χ2n) is 7.01. The highest BCUT2D eigenvalue weighted by Gasteiger charge is 2.34. The number of hydrogen-bond acceptors (Lipinski definition) is 5. The molecule has 2 atom stereocenters. The number of para-hydroxylation sites is 3. The normalized spacial score (nSPS) is 22.0. The summed E-state index contributed by atoms with van der Waals surface area (Å²) < 4.78 is 12.8. The van der Waals surface area contributed by atoms with Crippen LogP contribution in [0.3, 0.4) is 0 Å². The number of carbonyl (C=O) groups excluding carboxylic acids is 1. The van der Waals surface area contributed by atoms with Crippen LogP contribution < -0.4 is 9.47 Å². The van der Waals surface area contributed by atoms with Gasteiger partial charge in [0, 0.05) is 19.0 Å². The molecular formula is C21H20N2O3S. The van der Waals surface area contributed by atoms with Gasteiger partial charge in [-0.1, -0.05) is 24.3 Å². The highest BCUT2D eigenvalue weighted by atomic mass is 32.1. The molecule has 0 radical (unpaired) electrons. The van der Waals surface area contributed by atoms with Gasteiger partial charge in [-0.2, -0.15) is 0 Å². The van der Waals surface area contributed by atoms with E-state index in [1.807, 2.05) is 47.4 Å². The molecule has 6 heteroatoms. The van der Waals surface area contributed by atoms with Crippen molar-refractivity contribution in [1.82, 2.24) is 9.88 Å². The summed E-state index contributed by atoms with van der Waals surface area (Å²) in [5, 5.41) is 1.12. The zero-order valence-electron chi connectivity index (χ0n) is 14.8. The van der Waals surface area contributed by atoms with Crippen molar-refractivity contribution in [3.05, 3.63) is 53.5 Å². The van der Waals surface area contributed by atoms with E-state index in [0.29, 0.717) is 18.0 Å². The van der Waals surface area contributed by atoms with Gasteiger partial charge < -0.3 is 14.4 Å². The Kier molecular flexibility index (Phi) is 4.20. The van der Waals surface area contributed by atoms with E-state index in [9.17, 15) is 4.79 Å². The summed E-state index contributed by atoms with van der Waals surface area (Å²) in [6.45, 7) is 1.72. The largest absolute Gasteiger partial charge is 0.485 e. The Morgan fingerprint density at radius 1 is 1.11 bits per heavy atom. The first-order valence-electron chi connectivity index (χ1n) is 9.31. The molecule has 0 unspecified atom stereocenters. The van der Waals surface area contributed by atoms with Crippen molar-refractivity contribution < 1.29 is 14.3 Å². The minimum atomic E-state index is -0.575. The number of likely N-dealkylation sites (tertiary alicyclic amines) is 1. The second-order valence-corrected chi connectivity index (χ2v) is 8.07. The summed E-state index contributed by atoms with van der Waals surface area (Å²) >= 11 is 1.74. The van der Waals surface area contributed by atoms with Crippen LogP contribution in [0.2, 0.25) is 0 Å². The van der Waals surface area contributed by atoms with Crippen molar-refractivity contribution >= 4 is 27.5 Å². The van der Waals surface area contributed by atoms with Crippen molar-refractivity contribution in [3.8, 4) is 11.5 Å². The third-order valence-electron chi connectivity index (χ3n) is 5.18. The number of thiazole rings is 1. The van der Waals surface area contributed by atoms with Crippen molar-refractivity contribution in [2.45, 2.75) is 24.9 Å². The Balaban J connectivity index is 1.31. The van der Waals surface area contributed by atoms with Gasteiger partial charge in [-0.3, -0.25) is 4.79 Å².